The van der Waals surface area contributed by atoms with Gasteiger partial charge in [-0.15, -0.1) is 0 Å². The summed E-state index contributed by atoms with van der Waals surface area (Å²) in [6, 6.07) is 17.6. The number of hydrogen-bond donors (Lipinski definition) is 8. The molecule has 530 valence electrons. The minimum atomic E-state index is -0.866. The summed E-state index contributed by atoms with van der Waals surface area (Å²) in [7, 11) is 1.69. The fourth-order valence-electron chi connectivity index (χ4n) is 15.4. The number of anilines is 3. The summed E-state index contributed by atoms with van der Waals surface area (Å²) in [5.74, 6) is -1.45. The number of amides is 7. The van der Waals surface area contributed by atoms with Crippen molar-refractivity contribution in [3.63, 3.8) is 0 Å². The second kappa shape index (κ2) is 32.9. The number of nitrogens with zero attached hydrogens (tertiary/aromatic N) is 8. The maximum atomic E-state index is 15.8. The average Bonchev–Trinajstić information content (AvgIpc) is 1.01. The van der Waals surface area contributed by atoms with Crippen molar-refractivity contribution in [1.82, 2.24) is 66.8 Å². The van der Waals surface area contributed by atoms with Gasteiger partial charge in [0.2, 0.25) is 41.4 Å². The first-order valence-corrected chi connectivity index (χ1v) is 35.8. The number of carbonyl (C=O) groups is 7. The van der Waals surface area contributed by atoms with Gasteiger partial charge in [0, 0.05) is 122 Å². The van der Waals surface area contributed by atoms with Crippen molar-refractivity contribution < 1.29 is 42.3 Å². The minimum Gasteiger partial charge on any atom is -0.366 e. The molecule has 4 aromatic rings. The molecule has 23 nitrogen and oxygen atoms in total. The van der Waals surface area contributed by atoms with Crippen LogP contribution in [-0.2, 0) is 59.6 Å². The smallest absolute Gasteiger partial charge is 0.246 e. The SMILES string of the molecule is CN[C@@H](C)C(=O)N[C@H](C(=O)N1C[C@@H](NC(=O)CCC(=O)NCCN2CCN(CC(=O)NCc3cccc(CNc4cc(N5CCC6(CC5)CN(c5cc(F)c(CN7CCC(C)(C)CC7)cc5F)CC(=O)N6)ncn4)c3)CC2)C[C@H]1C(=O)N[C@H]1CCCc2ccccc21)C1CCCCC1. The highest BCUT2D eigenvalue weighted by Crippen LogP contribution is 2.36. The molecular weight excluding hydrogens is 1250 g/mol. The van der Waals surface area contributed by atoms with E-state index < -0.39 is 41.3 Å². The third-order valence-corrected chi connectivity index (χ3v) is 21.6. The Hall–Kier alpha value is -7.87. The quantitative estimate of drug-likeness (QED) is 0.0432. The summed E-state index contributed by atoms with van der Waals surface area (Å²) in [6.07, 6.45) is 12.0. The van der Waals surface area contributed by atoms with E-state index >= 15 is 8.78 Å². The van der Waals surface area contributed by atoms with E-state index in [0.717, 1.165) is 113 Å². The molecule has 5 saturated heterocycles. The van der Waals surface area contributed by atoms with Crippen molar-refractivity contribution in [3.05, 3.63) is 113 Å². The first kappa shape index (κ1) is 71.4. The number of fused-ring (bicyclic) bond motifs is 1. The number of rotatable bonds is 25. The summed E-state index contributed by atoms with van der Waals surface area (Å²) in [4.78, 5) is 116. The van der Waals surface area contributed by atoms with Crippen LogP contribution in [0.2, 0.25) is 0 Å². The largest absolute Gasteiger partial charge is 0.366 e. The van der Waals surface area contributed by atoms with Crippen LogP contribution in [0.4, 0.5) is 26.1 Å². The second-order valence-electron chi connectivity index (χ2n) is 29.2. The number of likely N-dealkylation sites (N-methyl/N-ethyl adjacent to an activating group) is 1. The van der Waals surface area contributed by atoms with Gasteiger partial charge in [-0.2, -0.15) is 0 Å². The molecule has 98 heavy (non-hydrogen) atoms. The first-order valence-electron chi connectivity index (χ1n) is 35.8. The monoisotopic (exact) mass is 1350 g/mol. The number of benzene rings is 3. The number of likely N-dealkylation sites (tertiary alicyclic amines) is 2. The van der Waals surface area contributed by atoms with Crippen LogP contribution < -0.4 is 52.3 Å². The van der Waals surface area contributed by atoms with Crippen molar-refractivity contribution in [3.8, 4) is 0 Å². The summed E-state index contributed by atoms with van der Waals surface area (Å²) >= 11 is 0. The molecule has 0 bridgehead atoms. The van der Waals surface area contributed by atoms with Crippen LogP contribution in [0.5, 0.6) is 0 Å². The molecule has 11 rings (SSSR count). The third kappa shape index (κ3) is 18.9. The highest BCUT2D eigenvalue weighted by Gasteiger charge is 2.46. The Labute approximate surface area is 575 Å². The Morgan fingerprint density at radius 2 is 1.46 bits per heavy atom. The number of hydrogen-bond acceptors (Lipinski definition) is 16. The van der Waals surface area contributed by atoms with Crippen LogP contribution >= 0.6 is 0 Å². The maximum absolute atomic E-state index is 15.8. The van der Waals surface area contributed by atoms with E-state index in [2.05, 4.69) is 92.0 Å². The Morgan fingerprint density at radius 3 is 2.22 bits per heavy atom. The summed E-state index contributed by atoms with van der Waals surface area (Å²) < 4.78 is 31.4. The van der Waals surface area contributed by atoms with Crippen molar-refractivity contribution >= 4 is 58.7 Å². The maximum Gasteiger partial charge on any atom is 0.246 e. The van der Waals surface area contributed by atoms with Gasteiger partial charge in [0.25, 0.3) is 0 Å². The Bertz CT molecular complexity index is 3460. The number of nitrogens with one attached hydrogen (secondary N) is 8. The van der Waals surface area contributed by atoms with Crippen molar-refractivity contribution in [2.24, 2.45) is 11.3 Å². The van der Waals surface area contributed by atoms with Gasteiger partial charge in [-0.3, -0.25) is 48.3 Å². The molecule has 7 amide bonds. The molecule has 0 unspecified atom stereocenters. The predicted molar refractivity (Wildman–Crippen MR) is 371 cm³/mol. The van der Waals surface area contributed by atoms with Crippen molar-refractivity contribution in [1.29, 1.82) is 0 Å². The molecular formula is C73H102F2N16O7. The topological polar surface area (TPSA) is 261 Å². The van der Waals surface area contributed by atoms with Crippen LogP contribution in [0.15, 0.2) is 73.1 Å². The van der Waals surface area contributed by atoms with E-state index in [4.69, 9.17) is 0 Å². The van der Waals surface area contributed by atoms with Crippen LogP contribution in [0.1, 0.15) is 145 Å². The molecule has 5 atom stereocenters. The summed E-state index contributed by atoms with van der Waals surface area (Å²) in [6.45, 7) is 14.8. The van der Waals surface area contributed by atoms with E-state index in [-0.39, 0.29) is 103 Å². The summed E-state index contributed by atoms with van der Waals surface area (Å²) in [5.41, 5.74) is 4.33. The molecule has 25 heteroatoms. The zero-order chi connectivity index (χ0) is 68.9. The highest BCUT2D eigenvalue weighted by molar-refractivity contribution is 5.94. The number of halogens is 2. The van der Waals surface area contributed by atoms with E-state index in [1.54, 1.807) is 23.8 Å². The number of aryl methyl sites for hydroxylation is 1. The van der Waals surface area contributed by atoms with Gasteiger partial charge >= 0.3 is 0 Å². The van der Waals surface area contributed by atoms with E-state index in [9.17, 15) is 33.6 Å². The summed E-state index contributed by atoms with van der Waals surface area (Å²) in [5, 5.41) is 25.0. The van der Waals surface area contributed by atoms with E-state index in [1.807, 2.05) is 48.5 Å². The number of piperidine rings is 2. The molecule has 6 heterocycles. The highest BCUT2D eigenvalue weighted by atomic mass is 19.1. The van der Waals surface area contributed by atoms with Gasteiger partial charge in [0.1, 0.15) is 41.7 Å². The molecule has 0 radical (unpaired) electrons. The van der Waals surface area contributed by atoms with Crippen LogP contribution in [0, 0.1) is 23.0 Å². The normalized spacial score (nSPS) is 22.1. The molecule has 5 aliphatic heterocycles. The minimum absolute atomic E-state index is 0.0274. The van der Waals surface area contributed by atoms with Gasteiger partial charge in [-0.25, -0.2) is 18.7 Å². The lowest BCUT2D eigenvalue weighted by Crippen LogP contribution is -2.66. The molecule has 6 fully saturated rings. The fraction of sp³-hybridized carbons (Fsp3) is 0.603. The van der Waals surface area contributed by atoms with Gasteiger partial charge in [0.15, 0.2) is 0 Å². The lowest BCUT2D eigenvalue weighted by Gasteiger charge is -2.48. The van der Waals surface area contributed by atoms with Crippen molar-refractivity contribution in [2.75, 3.05) is 114 Å². The molecule has 7 aliphatic rings. The lowest BCUT2D eigenvalue weighted by molar-refractivity contribution is -0.143. The third-order valence-electron chi connectivity index (χ3n) is 21.6. The van der Waals surface area contributed by atoms with E-state index in [1.165, 1.54) is 24.0 Å². The molecule has 8 N–H and O–H groups in total. The molecule has 3 aromatic carbocycles. The zero-order valence-electron chi connectivity index (χ0n) is 57.7. The number of piperazine rings is 2. The van der Waals surface area contributed by atoms with Gasteiger partial charge in [0.05, 0.1) is 36.4 Å². The number of aromatic nitrogens is 2. The van der Waals surface area contributed by atoms with Crippen molar-refractivity contribution in [2.45, 2.75) is 172 Å². The fourth-order valence-corrected chi connectivity index (χ4v) is 15.4. The number of carbonyl (C=O) groups excluding carboxylic acids is 7. The zero-order valence-corrected chi connectivity index (χ0v) is 57.7. The molecule has 1 spiro atoms. The average molecular weight is 1350 g/mol. The van der Waals surface area contributed by atoms with Gasteiger partial charge < -0.3 is 57.2 Å². The Morgan fingerprint density at radius 1 is 0.724 bits per heavy atom. The standard InChI is InChI=1S/C73H102F2N16O7/c1-49(76-4)69(96)84-68(53-15-6-5-7-16-53)71(98)91-44-55(38-61(91)70(97)83-59-19-11-17-52-14-8-9-18-56(52)59)82-65(93)21-20-64(92)77-26-31-86-32-34-88(35-33-86)45-66(94)79-42-51-13-10-12-50(36-51)41-78-62-40-63(81-48-80-62)89-29-24-73(25-30-89)47-90(46-67(95)85-73)60-39-57(74)54(37-58(60)75)43-87-27-22-72(2,3)23-28-87/h8-10,12-14,18,36-37,39-40,48-49,53,55,59,61,68,76H,5-7,11,15-17,19-35,38,41-47H2,1-4H3,(H,77,92)(H,79,94)(H,82,93)(H,83,97)(H,84,96)(H,85,95)(H,78,80,81)/t49-,55-,59-,61-,68-/m0/s1. The van der Waals surface area contributed by atoms with E-state index in [0.29, 0.717) is 89.7 Å². The lowest BCUT2D eigenvalue weighted by atomic mass is 9.82. The van der Waals surface area contributed by atoms with Crippen LogP contribution in [0.3, 0.4) is 0 Å². The van der Waals surface area contributed by atoms with Gasteiger partial charge in [-0.1, -0.05) is 81.6 Å². The molecule has 2 aliphatic carbocycles. The van der Waals surface area contributed by atoms with Crippen LogP contribution in [0.25, 0.3) is 0 Å². The van der Waals surface area contributed by atoms with Gasteiger partial charge in [-0.05, 0) is 131 Å². The Kier molecular flexibility index (Phi) is 24.0. The molecule has 1 aromatic heterocycles. The first-order chi connectivity index (χ1) is 47.2. The Balaban J connectivity index is 0.574. The predicted octanol–water partition coefficient (Wildman–Crippen LogP) is 5.05. The van der Waals surface area contributed by atoms with Crippen LogP contribution in [-0.4, -0.2) is 199 Å². The molecule has 1 saturated carbocycles. The second-order valence-corrected chi connectivity index (χ2v) is 29.2.